The van der Waals surface area contributed by atoms with Crippen LogP contribution in [0, 0.1) is 5.92 Å². The Morgan fingerprint density at radius 1 is 1.21 bits per heavy atom. The number of benzene rings is 1. The van der Waals surface area contributed by atoms with Crippen LogP contribution < -0.4 is 10.1 Å². The van der Waals surface area contributed by atoms with Crippen LogP contribution in [0.5, 0.6) is 5.75 Å². The van der Waals surface area contributed by atoms with E-state index in [9.17, 15) is 8.42 Å². The van der Waals surface area contributed by atoms with Crippen molar-refractivity contribution in [3.63, 3.8) is 0 Å². The zero-order valence-electron chi connectivity index (χ0n) is 22.7. The van der Waals surface area contributed by atoms with E-state index >= 15 is 0 Å². The smallest absolute Gasteiger partial charge is 0.243 e. The average Bonchev–Trinajstić information content (AvgIpc) is 3.56. The van der Waals surface area contributed by atoms with Crippen molar-refractivity contribution < 1.29 is 17.9 Å². The lowest BCUT2D eigenvalue weighted by Gasteiger charge is -2.35. The highest BCUT2D eigenvalue weighted by atomic mass is 32.2. The fraction of sp³-hybridized carbons (Fsp3) is 0.444. The van der Waals surface area contributed by atoms with Gasteiger partial charge in [0.05, 0.1) is 12.5 Å². The first-order valence-electron chi connectivity index (χ1n) is 13.2. The quantitative estimate of drug-likeness (QED) is 0.315. The molecule has 0 amide bonds. The van der Waals surface area contributed by atoms with E-state index in [0.717, 1.165) is 16.7 Å². The van der Waals surface area contributed by atoms with Crippen molar-refractivity contribution in [3.05, 3.63) is 60.6 Å². The van der Waals surface area contributed by atoms with Crippen molar-refractivity contribution in [2.45, 2.75) is 46.1 Å². The fourth-order valence-electron chi connectivity index (χ4n) is 4.87. The van der Waals surface area contributed by atoms with Crippen LogP contribution in [-0.2, 0) is 21.4 Å². The van der Waals surface area contributed by atoms with Crippen molar-refractivity contribution in [1.82, 2.24) is 28.7 Å². The largest absolute Gasteiger partial charge is 0.484 e. The molecule has 0 aliphatic carbocycles. The molecule has 1 saturated heterocycles. The van der Waals surface area contributed by atoms with E-state index in [-0.39, 0.29) is 18.2 Å². The summed E-state index contributed by atoms with van der Waals surface area (Å²) in [4.78, 5) is 4.81. The molecule has 5 rings (SSSR count). The lowest BCUT2D eigenvalue weighted by molar-refractivity contribution is 0.0160. The molecular formula is C27H35N7O4S. The maximum absolute atomic E-state index is 12.0. The van der Waals surface area contributed by atoms with E-state index in [2.05, 4.69) is 15.5 Å². The van der Waals surface area contributed by atoms with Crippen molar-refractivity contribution in [3.8, 4) is 16.9 Å². The first-order chi connectivity index (χ1) is 18.7. The second-order valence-electron chi connectivity index (χ2n) is 9.94. The van der Waals surface area contributed by atoms with Crippen LogP contribution in [0.2, 0.25) is 0 Å². The molecule has 1 aromatic carbocycles. The van der Waals surface area contributed by atoms with E-state index in [4.69, 9.17) is 14.5 Å². The minimum absolute atomic E-state index is 0.0480. The minimum atomic E-state index is -3.21. The maximum atomic E-state index is 12.0. The van der Waals surface area contributed by atoms with Gasteiger partial charge < -0.3 is 14.8 Å². The Kier molecular flexibility index (Phi) is 7.87. The molecule has 11 nitrogen and oxygen atoms in total. The summed E-state index contributed by atoms with van der Waals surface area (Å²) in [6, 6.07) is 12.0. The zero-order valence-corrected chi connectivity index (χ0v) is 23.5. The van der Waals surface area contributed by atoms with Gasteiger partial charge in [0.1, 0.15) is 12.8 Å². The minimum Gasteiger partial charge on any atom is -0.484 e. The Bertz CT molecular complexity index is 1520. The average molecular weight is 554 g/mol. The number of aromatic nitrogens is 5. The third-order valence-electron chi connectivity index (χ3n) is 7.03. The number of nitrogens with zero attached hydrogens (tertiary/aromatic N) is 6. The first-order valence-corrected chi connectivity index (χ1v) is 15.0. The van der Waals surface area contributed by atoms with Gasteiger partial charge in [0.15, 0.2) is 11.4 Å². The summed E-state index contributed by atoms with van der Waals surface area (Å²) in [5.74, 6) is 1.18. The Morgan fingerprint density at radius 3 is 2.72 bits per heavy atom. The highest BCUT2D eigenvalue weighted by Gasteiger charge is 2.31. The molecule has 1 fully saturated rings. The highest BCUT2D eigenvalue weighted by molar-refractivity contribution is 7.88. The summed E-state index contributed by atoms with van der Waals surface area (Å²) in [6.07, 6.45) is 7.33. The van der Waals surface area contributed by atoms with Crippen molar-refractivity contribution in [2.24, 2.45) is 5.92 Å². The van der Waals surface area contributed by atoms with E-state index in [0.29, 0.717) is 50.1 Å². The van der Waals surface area contributed by atoms with Crippen molar-refractivity contribution in [2.75, 3.05) is 31.3 Å². The second kappa shape index (κ2) is 11.3. The van der Waals surface area contributed by atoms with Crippen LogP contribution >= 0.6 is 0 Å². The van der Waals surface area contributed by atoms with Crippen LogP contribution in [0.4, 0.5) is 5.95 Å². The van der Waals surface area contributed by atoms with E-state index < -0.39 is 10.0 Å². The molecule has 4 aromatic rings. The molecule has 3 aromatic heterocycles. The number of pyridine rings is 1. The van der Waals surface area contributed by atoms with E-state index in [1.54, 1.807) is 15.4 Å². The lowest BCUT2D eigenvalue weighted by atomic mass is 9.95. The number of hydrogen-bond acceptors (Lipinski definition) is 8. The summed E-state index contributed by atoms with van der Waals surface area (Å²) in [5, 5.41) is 12.6. The van der Waals surface area contributed by atoms with Gasteiger partial charge in [-0.25, -0.2) is 21.9 Å². The number of piperidine rings is 1. The molecule has 12 heteroatoms. The summed E-state index contributed by atoms with van der Waals surface area (Å²) in [5.41, 5.74) is 3.35. The Balaban J connectivity index is 1.45. The van der Waals surface area contributed by atoms with Crippen LogP contribution in [0.1, 0.15) is 39.0 Å². The number of hydrogen-bond donors (Lipinski definition) is 1. The van der Waals surface area contributed by atoms with E-state index in [1.165, 1.54) is 10.6 Å². The number of sulfonamides is 1. The summed E-state index contributed by atoms with van der Waals surface area (Å²) in [7, 11) is -3.21. The molecule has 4 heterocycles. The van der Waals surface area contributed by atoms with E-state index in [1.807, 2.05) is 69.6 Å². The molecule has 0 radical (unpaired) electrons. The lowest BCUT2D eigenvalue weighted by Crippen LogP contribution is -2.47. The maximum Gasteiger partial charge on any atom is 0.243 e. The zero-order chi connectivity index (χ0) is 27.6. The Morgan fingerprint density at radius 2 is 2.00 bits per heavy atom. The summed E-state index contributed by atoms with van der Waals surface area (Å²) >= 11 is 0. The van der Waals surface area contributed by atoms with Gasteiger partial charge in [0, 0.05) is 49.3 Å². The number of ether oxygens (including phenoxy) is 2. The molecule has 0 saturated carbocycles. The topological polar surface area (TPSA) is 116 Å². The molecular weight excluding hydrogens is 518 g/mol. The van der Waals surface area contributed by atoms with Crippen LogP contribution in [0.15, 0.2) is 55.0 Å². The molecule has 208 valence electrons. The van der Waals surface area contributed by atoms with Gasteiger partial charge in [-0.05, 0) is 37.8 Å². The van der Waals surface area contributed by atoms with Gasteiger partial charge in [-0.2, -0.15) is 10.1 Å². The normalized spacial score (nSPS) is 19.3. The molecule has 1 aliphatic rings. The molecule has 0 spiro atoms. The predicted octanol–water partition coefficient (Wildman–Crippen LogP) is 3.81. The first kappa shape index (κ1) is 27.1. The molecule has 1 N–H and O–H groups in total. The standard InChI is InChI=1S/C27H35N7O4S/c1-5-37-20(3)34-17-22(15-28-34)23-11-14-33-26(25(23)38-18-21-9-7-6-8-10-21)30-27(31-33)29-24-12-13-32(16-19(24)2)39(4,35)36/h6-11,14-15,17,19-20,24H,5,12-13,16,18H2,1-4H3,(H,29,31). The number of fused-ring (bicyclic) bond motifs is 1. The van der Waals surface area contributed by atoms with Crippen molar-refractivity contribution >= 4 is 21.6 Å². The monoisotopic (exact) mass is 553 g/mol. The second-order valence-corrected chi connectivity index (χ2v) is 11.9. The van der Waals surface area contributed by atoms with Gasteiger partial charge in [-0.1, -0.05) is 37.3 Å². The van der Waals surface area contributed by atoms with Crippen LogP contribution in [-0.4, -0.2) is 69.1 Å². The predicted molar refractivity (Wildman–Crippen MR) is 149 cm³/mol. The van der Waals surface area contributed by atoms with Crippen LogP contribution in [0.3, 0.4) is 0 Å². The number of anilines is 1. The third kappa shape index (κ3) is 6.07. The van der Waals surface area contributed by atoms with Gasteiger partial charge in [0.25, 0.3) is 0 Å². The molecule has 0 bridgehead atoms. The highest BCUT2D eigenvalue weighted by Crippen LogP contribution is 2.35. The number of nitrogens with one attached hydrogen (secondary N) is 1. The summed E-state index contributed by atoms with van der Waals surface area (Å²) < 4.78 is 41.1. The van der Waals surface area contributed by atoms with Crippen molar-refractivity contribution in [1.29, 1.82) is 0 Å². The molecule has 3 atom stereocenters. The third-order valence-corrected chi connectivity index (χ3v) is 8.30. The number of rotatable bonds is 10. The molecule has 3 unspecified atom stereocenters. The Labute approximate surface area is 228 Å². The molecule has 1 aliphatic heterocycles. The van der Waals surface area contributed by atoms with Crippen LogP contribution in [0.25, 0.3) is 16.8 Å². The van der Waals surface area contributed by atoms with Gasteiger partial charge in [-0.15, -0.1) is 5.10 Å². The Hall–Kier alpha value is -3.48. The SMILES string of the molecule is CCOC(C)n1cc(-c2ccn3nc(NC4CCN(S(C)(=O)=O)CC4C)nc3c2OCc2ccccc2)cn1. The van der Waals surface area contributed by atoms with Gasteiger partial charge in [0.2, 0.25) is 16.0 Å². The van der Waals surface area contributed by atoms with Gasteiger partial charge >= 0.3 is 0 Å². The van der Waals surface area contributed by atoms with Gasteiger partial charge in [-0.3, -0.25) is 0 Å². The summed E-state index contributed by atoms with van der Waals surface area (Å²) in [6.45, 7) is 7.84. The fourth-order valence-corrected chi connectivity index (χ4v) is 5.81. The molecule has 39 heavy (non-hydrogen) atoms.